The summed E-state index contributed by atoms with van der Waals surface area (Å²) in [5, 5.41) is 10.7. The zero-order valence-corrected chi connectivity index (χ0v) is 15.5. The van der Waals surface area contributed by atoms with E-state index in [9.17, 15) is 36.5 Å². The molecular weight excluding hydrogens is 415 g/mol. The van der Waals surface area contributed by atoms with Crippen LogP contribution in [0.15, 0.2) is 41.3 Å². The van der Waals surface area contributed by atoms with Crippen molar-refractivity contribution in [1.29, 1.82) is 0 Å². The van der Waals surface area contributed by atoms with Crippen molar-refractivity contribution >= 4 is 21.6 Å². The molecule has 1 fully saturated rings. The number of non-ortho nitro benzene ring substituents is 1. The number of sulfonamides is 1. The molecule has 0 radical (unpaired) electrons. The van der Waals surface area contributed by atoms with Crippen LogP contribution in [0.1, 0.15) is 10.4 Å². The van der Waals surface area contributed by atoms with Gasteiger partial charge in [0.05, 0.1) is 4.92 Å². The molecular formula is C17H14F3N3O5S. The lowest BCUT2D eigenvalue weighted by Crippen LogP contribution is -2.50. The number of amides is 1. The van der Waals surface area contributed by atoms with Gasteiger partial charge in [0.2, 0.25) is 10.0 Å². The van der Waals surface area contributed by atoms with Crippen molar-refractivity contribution in [3.05, 3.63) is 69.5 Å². The summed E-state index contributed by atoms with van der Waals surface area (Å²) in [5.74, 6) is -5.62. The van der Waals surface area contributed by atoms with E-state index in [2.05, 4.69) is 0 Å². The summed E-state index contributed by atoms with van der Waals surface area (Å²) in [7, 11) is -4.42. The Bertz CT molecular complexity index is 1070. The smallest absolute Gasteiger partial charge is 0.269 e. The van der Waals surface area contributed by atoms with Gasteiger partial charge in [-0.05, 0) is 24.3 Å². The second-order valence-corrected chi connectivity index (χ2v) is 8.08. The first kappa shape index (κ1) is 20.7. The predicted octanol–water partition coefficient (Wildman–Crippen LogP) is 2.16. The lowest BCUT2D eigenvalue weighted by Gasteiger charge is -2.34. The maximum atomic E-state index is 13.9. The summed E-state index contributed by atoms with van der Waals surface area (Å²) < 4.78 is 66.3. The summed E-state index contributed by atoms with van der Waals surface area (Å²) in [5.41, 5.74) is 0.0181. The van der Waals surface area contributed by atoms with Crippen LogP contribution >= 0.6 is 0 Å². The van der Waals surface area contributed by atoms with Crippen LogP contribution in [0, 0.1) is 27.6 Å². The number of nitrogens with zero attached hydrogens (tertiary/aromatic N) is 3. The SMILES string of the molecule is O=C(c1ccc([N+](=O)[O-])cc1)N1CCN(S(=O)(=O)c2ccc(F)c(F)c2F)CC1. The number of benzene rings is 2. The summed E-state index contributed by atoms with van der Waals surface area (Å²) in [6, 6.07) is 6.12. The molecule has 154 valence electrons. The highest BCUT2D eigenvalue weighted by atomic mass is 32.2. The van der Waals surface area contributed by atoms with Crippen LogP contribution in [0.5, 0.6) is 0 Å². The summed E-state index contributed by atoms with van der Waals surface area (Å²) >= 11 is 0. The van der Waals surface area contributed by atoms with Gasteiger partial charge in [0.1, 0.15) is 4.90 Å². The van der Waals surface area contributed by atoms with Gasteiger partial charge in [-0.25, -0.2) is 21.6 Å². The molecule has 1 aliphatic rings. The number of nitro benzene ring substituents is 1. The molecule has 2 aromatic carbocycles. The fraction of sp³-hybridized carbons (Fsp3) is 0.235. The molecule has 0 saturated carbocycles. The van der Waals surface area contributed by atoms with Gasteiger partial charge in [-0.3, -0.25) is 14.9 Å². The molecule has 1 saturated heterocycles. The second-order valence-electron chi connectivity index (χ2n) is 6.17. The van der Waals surface area contributed by atoms with Crippen LogP contribution in [0.3, 0.4) is 0 Å². The monoisotopic (exact) mass is 429 g/mol. The lowest BCUT2D eigenvalue weighted by atomic mass is 10.1. The van der Waals surface area contributed by atoms with E-state index >= 15 is 0 Å². The fourth-order valence-electron chi connectivity index (χ4n) is 2.89. The third-order valence-electron chi connectivity index (χ3n) is 4.47. The maximum Gasteiger partial charge on any atom is 0.269 e. The summed E-state index contributed by atoms with van der Waals surface area (Å²) in [6.07, 6.45) is 0. The number of halogens is 3. The zero-order chi connectivity index (χ0) is 21.3. The molecule has 1 heterocycles. The number of carbonyl (C=O) groups excluding carboxylic acids is 1. The Kier molecular flexibility index (Phi) is 5.57. The first-order valence-electron chi connectivity index (χ1n) is 8.30. The number of nitro groups is 1. The van der Waals surface area contributed by atoms with E-state index in [4.69, 9.17) is 0 Å². The van der Waals surface area contributed by atoms with E-state index in [0.29, 0.717) is 12.1 Å². The molecule has 1 aliphatic heterocycles. The molecule has 0 bridgehead atoms. The van der Waals surface area contributed by atoms with Crippen LogP contribution in [-0.4, -0.2) is 54.6 Å². The molecule has 0 aromatic heterocycles. The molecule has 12 heteroatoms. The number of rotatable bonds is 4. The normalized spacial score (nSPS) is 15.3. The van der Waals surface area contributed by atoms with Gasteiger partial charge in [-0.15, -0.1) is 0 Å². The Balaban J connectivity index is 1.72. The van der Waals surface area contributed by atoms with Crippen LogP contribution in [0.4, 0.5) is 18.9 Å². The van der Waals surface area contributed by atoms with Gasteiger partial charge in [0.15, 0.2) is 17.5 Å². The lowest BCUT2D eigenvalue weighted by molar-refractivity contribution is -0.384. The topological polar surface area (TPSA) is 101 Å². The average Bonchev–Trinajstić information content (AvgIpc) is 2.71. The van der Waals surface area contributed by atoms with E-state index in [1.54, 1.807) is 0 Å². The third-order valence-corrected chi connectivity index (χ3v) is 6.38. The Morgan fingerprint density at radius 2 is 1.52 bits per heavy atom. The maximum absolute atomic E-state index is 13.9. The average molecular weight is 429 g/mol. The van der Waals surface area contributed by atoms with Gasteiger partial charge in [0.25, 0.3) is 11.6 Å². The second kappa shape index (κ2) is 7.79. The largest absolute Gasteiger partial charge is 0.336 e. The molecule has 0 aliphatic carbocycles. The molecule has 0 N–H and O–H groups in total. The van der Waals surface area contributed by atoms with Gasteiger partial charge in [0, 0.05) is 43.9 Å². The molecule has 3 rings (SSSR count). The Morgan fingerprint density at radius 1 is 0.931 bits per heavy atom. The minimum atomic E-state index is -4.42. The first-order valence-corrected chi connectivity index (χ1v) is 9.74. The molecule has 0 unspecified atom stereocenters. The van der Waals surface area contributed by atoms with Crippen molar-refractivity contribution in [2.75, 3.05) is 26.2 Å². The van der Waals surface area contributed by atoms with E-state index in [-0.39, 0.29) is 37.4 Å². The van der Waals surface area contributed by atoms with Crippen molar-refractivity contribution in [2.45, 2.75) is 4.90 Å². The van der Waals surface area contributed by atoms with Crippen molar-refractivity contribution in [3.63, 3.8) is 0 Å². The highest BCUT2D eigenvalue weighted by molar-refractivity contribution is 7.89. The summed E-state index contributed by atoms with van der Waals surface area (Å²) in [6.45, 7) is -0.417. The van der Waals surface area contributed by atoms with Crippen LogP contribution in [0.2, 0.25) is 0 Å². The standard InChI is InChI=1S/C17H14F3N3O5S/c18-13-5-6-14(16(20)15(13)19)29(27,28)22-9-7-21(8-10-22)17(24)11-1-3-12(4-2-11)23(25)26/h1-6H,7-10H2. The van der Waals surface area contributed by atoms with Gasteiger partial charge < -0.3 is 4.90 Å². The van der Waals surface area contributed by atoms with Crippen molar-refractivity contribution in [1.82, 2.24) is 9.21 Å². The number of piperazine rings is 1. The number of hydrogen-bond donors (Lipinski definition) is 0. The van der Waals surface area contributed by atoms with Crippen molar-refractivity contribution in [2.24, 2.45) is 0 Å². The highest BCUT2D eigenvalue weighted by Crippen LogP contribution is 2.24. The minimum Gasteiger partial charge on any atom is -0.336 e. The quantitative estimate of drug-likeness (QED) is 0.421. The zero-order valence-electron chi connectivity index (χ0n) is 14.7. The van der Waals surface area contributed by atoms with Crippen molar-refractivity contribution < 1.29 is 31.3 Å². The van der Waals surface area contributed by atoms with Crippen LogP contribution in [-0.2, 0) is 10.0 Å². The van der Waals surface area contributed by atoms with Gasteiger partial charge >= 0.3 is 0 Å². The van der Waals surface area contributed by atoms with Crippen LogP contribution in [0.25, 0.3) is 0 Å². The molecule has 0 spiro atoms. The minimum absolute atomic E-state index is 0.0274. The third kappa shape index (κ3) is 3.93. The van der Waals surface area contributed by atoms with E-state index in [1.807, 2.05) is 0 Å². The summed E-state index contributed by atoms with van der Waals surface area (Å²) in [4.78, 5) is 22.9. The van der Waals surface area contributed by atoms with E-state index in [0.717, 1.165) is 4.31 Å². The van der Waals surface area contributed by atoms with E-state index in [1.165, 1.54) is 29.2 Å². The number of carbonyl (C=O) groups is 1. The van der Waals surface area contributed by atoms with Gasteiger partial charge in [-0.2, -0.15) is 4.31 Å². The fourth-order valence-corrected chi connectivity index (χ4v) is 4.36. The Hall–Kier alpha value is -2.99. The molecule has 2 aromatic rings. The van der Waals surface area contributed by atoms with Crippen LogP contribution < -0.4 is 0 Å². The molecule has 1 amide bonds. The highest BCUT2D eigenvalue weighted by Gasteiger charge is 2.33. The van der Waals surface area contributed by atoms with Gasteiger partial charge in [-0.1, -0.05) is 0 Å². The van der Waals surface area contributed by atoms with E-state index < -0.39 is 43.2 Å². The van der Waals surface area contributed by atoms with Crippen molar-refractivity contribution in [3.8, 4) is 0 Å². The Labute approximate surface area is 163 Å². The first-order chi connectivity index (χ1) is 13.6. The molecule has 29 heavy (non-hydrogen) atoms. The Morgan fingerprint density at radius 3 is 2.07 bits per heavy atom. The molecule has 0 atom stereocenters. The molecule has 8 nitrogen and oxygen atoms in total. The predicted molar refractivity (Wildman–Crippen MR) is 94.1 cm³/mol. The number of hydrogen-bond acceptors (Lipinski definition) is 5.